The minimum Gasteiger partial charge on any atom is -0.394 e. The van der Waals surface area contributed by atoms with Crippen LogP contribution in [0.2, 0.25) is 0 Å². The second kappa shape index (κ2) is 6.82. The summed E-state index contributed by atoms with van der Waals surface area (Å²) >= 11 is 0. The predicted molar refractivity (Wildman–Crippen MR) is 65.8 cm³/mol. The van der Waals surface area contributed by atoms with Gasteiger partial charge < -0.3 is 44.8 Å². The molecule has 0 bridgehead atoms. The lowest BCUT2D eigenvalue weighted by molar-refractivity contribution is -0.349. The Morgan fingerprint density at radius 3 is 2.29 bits per heavy atom. The summed E-state index contributed by atoms with van der Waals surface area (Å²) in [6.07, 6.45) is -11.0. The molecule has 0 radical (unpaired) electrons. The lowest BCUT2D eigenvalue weighted by Gasteiger charge is -2.43. The first-order chi connectivity index (χ1) is 9.85. The van der Waals surface area contributed by atoms with Gasteiger partial charge in [0.25, 0.3) is 0 Å². The van der Waals surface area contributed by atoms with Gasteiger partial charge in [0.05, 0.1) is 18.8 Å². The maximum atomic E-state index is 9.93. The summed E-state index contributed by atoms with van der Waals surface area (Å²) in [6, 6.07) is 0. The molecule has 0 amide bonds. The Morgan fingerprint density at radius 1 is 1.00 bits per heavy atom. The average Bonchev–Trinajstić information content (AvgIpc) is 2.43. The van der Waals surface area contributed by atoms with E-state index in [1.165, 1.54) is 0 Å². The Bertz CT molecular complexity index is 341. The van der Waals surface area contributed by atoms with Crippen molar-refractivity contribution < 1.29 is 44.8 Å². The zero-order chi connectivity index (χ0) is 15.7. The van der Waals surface area contributed by atoms with E-state index >= 15 is 0 Å². The second-order valence-corrected chi connectivity index (χ2v) is 5.44. The van der Waals surface area contributed by atoms with E-state index in [4.69, 9.17) is 19.3 Å². The van der Waals surface area contributed by atoms with Crippen LogP contribution >= 0.6 is 0 Å². The largest absolute Gasteiger partial charge is 0.394 e. The van der Waals surface area contributed by atoms with Crippen molar-refractivity contribution in [2.45, 2.75) is 68.7 Å². The number of aliphatic hydroxyl groups excluding tert-OH is 6. The van der Waals surface area contributed by atoms with Crippen LogP contribution in [0.4, 0.5) is 0 Å². The molecule has 2 rings (SSSR count). The standard InChI is InChI=1S/C12H22O9/c1-4-2-5(14)7(15)12(19-4)21-10-9(17)8(16)6(3-13)20-11(10)18/h4-18H,2-3H2,1H3/t4-,5+,6+,7+,8-,9-,10+,11-,12-/m0/s1. The summed E-state index contributed by atoms with van der Waals surface area (Å²) in [6.45, 7) is 1.09. The smallest absolute Gasteiger partial charge is 0.186 e. The Hall–Kier alpha value is -0.360. The van der Waals surface area contributed by atoms with Gasteiger partial charge in [0.1, 0.15) is 30.5 Å². The first-order valence-electron chi connectivity index (χ1n) is 6.82. The number of hydrogen-bond acceptors (Lipinski definition) is 9. The molecule has 0 aromatic heterocycles. The fourth-order valence-corrected chi connectivity index (χ4v) is 2.51. The molecular weight excluding hydrogens is 288 g/mol. The van der Waals surface area contributed by atoms with Crippen LogP contribution in [0.5, 0.6) is 0 Å². The fraction of sp³-hybridized carbons (Fsp3) is 1.00. The molecule has 2 fully saturated rings. The monoisotopic (exact) mass is 310 g/mol. The van der Waals surface area contributed by atoms with Gasteiger partial charge in [-0.15, -0.1) is 0 Å². The van der Waals surface area contributed by atoms with Gasteiger partial charge in [0.15, 0.2) is 12.6 Å². The van der Waals surface area contributed by atoms with Gasteiger partial charge >= 0.3 is 0 Å². The van der Waals surface area contributed by atoms with Gasteiger partial charge in [-0.05, 0) is 6.92 Å². The molecule has 0 spiro atoms. The molecule has 9 heteroatoms. The summed E-state index contributed by atoms with van der Waals surface area (Å²) in [7, 11) is 0. The molecule has 0 aromatic carbocycles. The molecule has 124 valence electrons. The Labute approximate surface area is 121 Å². The molecular formula is C12H22O9. The van der Waals surface area contributed by atoms with Crippen molar-refractivity contribution in [3.05, 3.63) is 0 Å². The summed E-state index contributed by atoms with van der Waals surface area (Å²) in [4.78, 5) is 0. The van der Waals surface area contributed by atoms with E-state index < -0.39 is 55.8 Å². The molecule has 2 heterocycles. The molecule has 6 N–H and O–H groups in total. The van der Waals surface area contributed by atoms with Crippen LogP contribution in [0.1, 0.15) is 13.3 Å². The summed E-state index contributed by atoms with van der Waals surface area (Å²) in [5.74, 6) is 0. The van der Waals surface area contributed by atoms with Gasteiger partial charge in [-0.2, -0.15) is 0 Å². The summed E-state index contributed by atoms with van der Waals surface area (Å²) in [5, 5.41) is 57.9. The predicted octanol–water partition coefficient (Wildman–Crippen LogP) is -3.34. The van der Waals surface area contributed by atoms with Crippen LogP contribution in [-0.4, -0.2) is 92.6 Å². The van der Waals surface area contributed by atoms with E-state index in [9.17, 15) is 25.5 Å². The summed E-state index contributed by atoms with van der Waals surface area (Å²) in [5.41, 5.74) is 0. The molecule has 2 aliphatic heterocycles. The topological polar surface area (TPSA) is 149 Å². The average molecular weight is 310 g/mol. The zero-order valence-corrected chi connectivity index (χ0v) is 11.5. The quantitative estimate of drug-likeness (QED) is 0.314. The Morgan fingerprint density at radius 2 is 1.67 bits per heavy atom. The van der Waals surface area contributed by atoms with Crippen molar-refractivity contribution >= 4 is 0 Å². The normalized spacial score (nSPS) is 51.9. The van der Waals surface area contributed by atoms with Crippen LogP contribution in [0, 0.1) is 0 Å². The van der Waals surface area contributed by atoms with Crippen LogP contribution < -0.4 is 0 Å². The van der Waals surface area contributed by atoms with Crippen molar-refractivity contribution in [2.75, 3.05) is 6.61 Å². The number of hydrogen-bond donors (Lipinski definition) is 6. The van der Waals surface area contributed by atoms with Gasteiger partial charge in [-0.3, -0.25) is 0 Å². The third kappa shape index (κ3) is 3.52. The molecule has 0 aliphatic carbocycles. The van der Waals surface area contributed by atoms with Gasteiger partial charge in [0.2, 0.25) is 0 Å². The van der Waals surface area contributed by atoms with Crippen molar-refractivity contribution in [2.24, 2.45) is 0 Å². The minimum atomic E-state index is -1.62. The first-order valence-corrected chi connectivity index (χ1v) is 6.82. The number of aliphatic hydroxyl groups is 6. The molecule has 21 heavy (non-hydrogen) atoms. The maximum Gasteiger partial charge on any atom is 0.186 e. The SMILES string of the molecule is C[C@H]1C[C@@H](O)[C@@H](O)[C@H](O[C@@H]2[C@@H](O)[C@@H](O)[C@@H](CO)O[C@@H]2O)O1. The second-order valence-electron chi connectivity index (χ2n) is 5.44. The molecule has 0 saturated carbocycles. The van der Waals surface area contributed by atoms with Crippen LogP contribution in [0.25, 0.3) is 0 Å². The van der Waals surface area contributed by atoms with Gasteiger partial charge in [0, 0.05) is 6.42 Å². The molecule has 0 aromatic rings. The van der Waals surface area contributed by atoms with E-state index in [1.54, 1.807) is 6.92 Å². The molecule has 2 aliphatic rings. The van der Waals surface area contributed by atoms with Crippen LogP contribution in [0.15, 0.2) is 0 Å². The van der Waals surface area contributed by atoms with Gasteiger partial charge in [-0.1, -0.05) is 0 Å². The van der Waals surface area contributed by atoms with E-state index in [0.717, 1.165) is 0 Å². The Balaban J connectivity index is 2.04. The molecule has 9 nitrogen and oxygen atoms in total. The number of rotatable bonds is 3. The number of ether oxygens (including phenoxy) is 3. The zero-order valence-electron chi connectivity index (χ0n) is 11.5. The van der Waals surface area contributed by atoms with Crippen molar-refractivity contribution in [3.8, 4) is 0 Å². The van der Waals surface area contributed by atoms with Crippen molar-refractivity contribution in [1.29, 1.82) is 0 Å². The van der Waals surface area contributed by atoms with Crippen molar-refractivity contribution in [1.82, 2.24) is 0 Å². The first kappa shape index (κ1) is 17.0. The lowest BCUT2D eigenvalue weighted by Crippen LogP contribution is -2.61. The highest BCUT2D eigenvalue weighted by molar-refractivity contribution is 4.91. The Kier molecular flexibility index (Phi) is 5.52. The molecule has 9 atom stereocenters. The maximum absolute atomic E-state index is 9.93. The molecule has 2 saturated heterocycles. The van der Waals surface area contributed by atoms with E-state index in [0.29, 0.717) is 0 Å². The van der Waals surface area contributed by atoms with Gasteiger partial charge in [-0.25, -0.2) is 0 Å². The van der Waals surface area contributed by atoms with Crippen LogP contribution in [-0.2, 0) is 14.2 Å². The van der Waals surface area contributed by atoms with E-state index in [1.807, 2.05) is 0 Å². The highest BCUT2D eigenvalue weighted by Gasteiger charge is 2.47. The van der Waals surface area contributed by atoms with E-state index in [2.05, 4.69) is 0 Å². The summed E-state index contributed by atoms with van der Waals surface area (Å²) < 4.78 is 15.5. The third-order valence-electron chi connectivity index (χ3n) is 3.75. The van der Waals surface area contributed by atoms with E-state index in [-0.39, 0.29) is 12.5 Å². The highest BCUT2D eigenvalue weighted by Crippen LogP contribution is 2.27. The lowest BCUT2D eigenvalue weighted by atomic mass is 9.98. The fourth-order valence-electron chi connectivity index (χ4n) is 2.51. The molecule has 0 unspecified atom stereocenters. The minimum absolute atomic E-state index is 0.225. The third-order valence-corrected chi connectivity index (χ3v) is 3.75. The van der Waals surface area contributed by atoms with Crippen LogP contribution in [0.3, 0.4) is 0 Å². The van der Waals surface area contributed by atoms with Crippen molar-refractivity contribution in [3.63, 3.8) is 0 Å². The highest BCUT2D eigenvalue weighted by atomic mass is 16.7.